The van der Waals surface area contributed by atoms with Gasteiger partial charge in [-0.1, -0.05) is 98.6 Å². The van der Waals surface area contributed by atoms with E-state index in [0.29, 0.717) is 13.0 Å². The Hall–Kier alpha value is -3.96. The molecule has 5 amide bonds. The van der Waals surface area contributed by atoms with E-state index >= 15 is 0 Å². The number of amides is 5. The first-order chi connectivity index (χ1) is 23.8. The maximum Gasteiger partial charge on any atom is 0.329 e. The lowest BCUT2D eigenvalue weighted by atomic mass is 9.85. The van der Waals surface area contributed by atoms with Crippen molar-refractivity contribution in [3.8, 4) is 0 Å². The molecule has 3 aliphatic rings. The molecule has 0 aromatic heterocycles. The Balaban J connectivity index is 1.53. The van der Waals surface area contributed by atoms with E-state index in [1.807, 2.05) is 71.9 Å². The van der Waals surface area contributed by atoms with E-state index in [9.17, 15) is 28.8 Å². The Labute approximate surface area is 309 Å². The highest BCUT2D eigenvalue weighted by Crippen LogP contribution is 2.65. The van der Waals surface area contributed by atoms with Crippen LogP contribution in [-0.2, 0) is 28.7 Å². The van der Waals surface area contributed by atoms with Gasteiger partial charge in [0.15, 0.2) is 0 Å². The van der Waals surface area contributed by atoms with Crippen molar-refractivity contribution in [2.45, 2.75) is 138 Å². The summed E-state index contributed by atoms with van der Waals surface area (Å²) < 4.78 is 5.58. The number of rotatable bonds is 12. The summed E-state index contributed by atoms with van der Waals surface area (Å²) in [6.07, 6.45) is 2.17. The maximum atomic E-state index is 14.5. The lowest BCUT2D eigenvalue weighted by Gasteiger charge is -2.38. The molecular formula is C40H61N5O7. The average Bonchev–Trinajstić information content (AvgIpc) is 3.87. The van der Waals surface area contributed by atoms with Crippen LogP contribution in [0.3, 0.4) is 0 Å². The van der Waals surface area contributed by atoms with Crippen LogP contribution >= 0.6 is 0 Å². The highest BCUT2D eigenvalue weighted by Gasteiger charge is 2.70. The van der Waals surface area contributed by atoms with Crippen LogP contribution in [0.1, 0.15) is 114 Å². The number of hydrogen-bond acceptors (Lipinski definition) is 7. The summed E-state index contributed by atoms with van der Waals surface area (Å²) in [5.74, 6) is -2.88. The fourth-order valence-corrected chi connectivity index (χ4v) is 7.35. The number of Topliss-reactive ketones (excluding diaryl/α,β-unsaturated/α-hetero) is 1. The number of nitrogens with one attached hydrogen (secondary N) is 4. The van der Waals surface area contributed by atoms with Gasteiger partial charge in [-0.15, -0.1) is 0 Å². The van der Waals surface area contributed by atoms with Gasteiger partial charge in [-0.3, -0.25) is 19.2 Å². The summed E-state index contributed by atoms with van der Waals surface area (Å²) in [6.45, 7) is 22.4. The zero-order valence-corrected chi connectivity index (χ0v) is 33.1. The lowest BCUT2D eigenvalue weighted by molar-refractivity contribution is -0.160. The number of fused-ring (bicyclic) bond motifs is 1. The largest absolute Gasteiger partial charge is 0.458 e. The third-order valence-electron chi connectivity index (χ3n) is 10.7. The van der Waals surface area contributed by atoms with Crippen molar-refractivity contribution >= 4 is 35.5 Å². The molecule has 7 atom stereocenters. The van der Waals surface area contributed by atoms with Gasteiger partial charge >= 0.3 is 12.0 Å². The summed E-state index contributed by atoms with van der Waals surface area (Å²) in [6, 6.07) is 4.20. The van der Waals surface area contributed by atoms with Crippen molar-refractivity contribution in [1.82, 2.24) is 26.2 Å². The molecule has 12 nitrogen and oxygen atoms in total. The van der Waals surface area contributed by atoms with Gasteiger partial charge in [-0.2, -0.15) is 0 Å². The van der Waals surface area contributed by atoms with Crippen LogP contribution in [0, 0.1) is 34.0 Å². The predicted octanol–water partition coefficient (Wildman–Crippen LogP) is 4.67. The number of hydrogen-bond donors (Lipinski definition) is 4. The van der Waals surface area contributed by atoms with Crippen LogP contribution in [0.15, 0.2) is 30.3 Å². The highest BCUT2D eigenvalue weighted by atomic mass is 16.6. The molecule has 1 aliphatic heterocycles. The van der Waals surface area contributed by atoms with E-state index in [1.54, 1.807) is 27.7 Å². The number of benzene rings is 1. The van der Waals surface area contributed by atoms with Crippen LogP contribution in [0.5, 0.6) is 0 Å². The van der Waals surface area contributed by atoms with E-state index in [4.69, 9.17) is 4.74 Å². The molecule has 3 fully saturated rings. The van der Waals surface area contributed by atoms with Gasteiger partial charge < -0.3 is 30.9 Å². The Morgan fingerprint density at radius 2 is 1.38 bits per heavy atom. The van der Waals surface area contributed by atoms with Crippen LogP contribution in [0.2, 0.25) is 0 Å². The Bertz CT molecular complexity index is 1530. The Morgan fingerprint density at radius 3 is 1.90 bits per heavy atom. The number of esters is 1. The lowest BCUT2D eigenvalue weighted by Crippen LogP contribution is -2.63. The van der Waals surface area contributed by atoms with Crippen molar-refractivity contribution < 1.29 is 33.5 Å². The molecule has 2 saturated carbocycles. The van der Waals surface area contributed by atoms with Gasteiger partial charge in [0.25, 0.3) is 5.91 Å². The molecule has 1 aromatic carbocycles. The van der Waals surface area contributed by atoms with Crippen LogP contribution in [0.25, 0.3) is 0 Å². The maximum absolute atomic E-state index is 14.5. The number of nitrogens with zero attached hydrogens (tertiary/aromatic N) is 1. The minimum absolute atomic E-state index is 0.0479. The minimum Gasteiger partial charge on any atom is -0.458 e. The molecule has 1 unspecified atom stereocenters. The number of ether oxygens (including phenoxy) is 1. The number of likely N-dealkylation sites (tertiary alicyclic amines) is 1. The van der Waals surface area contributed by atoms with E-state index in [0.717, 1.165) is 18.4 Å². The number of urea groups is 1. The molecule has 2 aliphatic carbocycles. The Kier molecular flexibility index (Phi) is 11.6. The fourth-order valence-electron chi connectivity index (χ4n) is 7.35. The normalized spacial score (nSPS) is 23.2. The second kappa shape index (κ2) is 14.8. The molecule has 0 spiro atoms. The van der Waals surface area contributed by atoms with Crippen molar-refractivity contribution in [3.63, 3.8) is 0 Å². The summed E-state index contributed by atoms with van der Waals surface area (Å²) in [5.41, 5.74) is -1.61. The first kappa shape index (κ1) is 40.8. The van der Waals surface area contributed by atoms with Gasteiger partial charge in [0.1, 0.15) is 23.7 Å². The molecule has 1 heterocycles. The standard InChI is InChI=1S/C40H61N5O7/c1-22(24-16-14-13-15-17-24)41-33(48)29(46)26(20-23-18-19-23)42-32(47)28-27-25(40(27,11)12)21-45(28)34(49)30(37(2,3)4)43-36(51)44-31(38(5,6)7)35(50)52-39(8,9)10/h13-17,22-23,25-28,30-31H,18-21H2,1-12H3,(H,41,48)(H,42,47)(H2,43,44,51)/t22-,25-,26?,27-,28-,30+,31+/m0/s1. The first-order valence-corrected chi connectivity index (χ1v) is 18.6. The number of carbonyl (C=O) groups is 6. The van der Waals surface area contributed by atoms with Crippen molar-refractivity contribution in [1.29, 1.82) is 0 Å². The van der Waals surface area contributed by atoms with Crippen LogP contribution < -0.4 is 21.3 Å². The third-order valence-corrected chi connectivity index (χ3v) is 10.7. The van der Waals surface area contributed by atoms with E-state index < -0.39 is 82.1 Å². The summed E-state index contributed by atoms with van der Waals surface area (Å²) in [7, 11) is 0. The molecule has 52 heavy (non-hydrogen) atoms. The van der Waals surface area contributed by atoms with E-state index in [1.165, 1.54) is 4.90 Å². The summed E-state index contributed by atoms with van der Waals surface area (Å²) in [4.78, 5) is 83.8. The van der Waals surface area contributed by atoms with Gasteiger partial charge in [0.05, 0.1) is 12.1 Å². The summed E-state index contributed by atoms with van der Waals surface area (Å²) in [5, 5.41) is 11.2. The predicted molar refractivity (Wildman–Crippen MR) is 198 cm³/mol. The smallest absolute Gasteiger partial charge is 0.329 e. The number of carbonyl (C=O) groups excluding carboxylic acids is 6. The third kappa shape index (κ3) is 9.72. The number of piperidine rings is 1. The zero-order chi connectivity index (χ0) is 39.1. The molecular weight excluding hydrogens is 662 g/mol. The first-order valence-electron chi connectivity index (χ1n) is 18.6. The van der Waals surface area contributed by atoms with E-state index in [-0.39, 0.29) is 23.2 Å². The van der Waals surface area contributed by atoms with Crippen LogP contribution in [-0.4, -0.2) is 76.7 Å². The second-order valence-corrected chi connectivity index (χ2v) is 18.8. The van der Waals surface area contributed by atoms with Gasteiger partial charge in [-0.05, 0) is 73.7 Å². The highest BCUT2D eigenvalue weighted by molar-refractivity contribution is 6.38. The van der Waals surface area contributed by atoms with Crippen molar-refractivity contribution in [3.05, 3.63) is 35.9 Å². The quantitative estimate of drug-likeness (QED) is 0.180. The van der Waals surface area contributed by atoms with Crippen LogP contribution in [0.4, 0.5) is 4.79 Å². The molecule has 1 aromatic rings. The van der Waals surface area contributed by atoms with Gasteiger partial charge in [0, 0.05) is 6.54 Å². The number of ketones is 1. The summed E-state index contributed by atoms with van der Waals surface area (Å²) >= 11 is 0. The van der Waals surface area contributed by atoms with Crippen molar-refractivity contribution in [2.24, 2.45) is 34.0 Å². The SMILES string of the molecule is C[C@H](NC(=O)C(=O)C(CC1CC1)NC(=O)[C@@H]1[C@@H]2[C@H](CN1C(=O)[C@@H](NC(=O)N[C@H](C(=O)OC(C)(C)C)C(C)(C)C)C(C)(C)C)C2(C)C)c1ccccc1. The van der Waals surface area contributed by atoms with Gasteiger partial charge in [0.2, 0.25) is 17.6 Å². The minimum atomic E-state index is -1.06. The molecule has 0 radical (unpaired) electrons. The fraction of sp³-hybridized carbons (Fsp3) is 0.700. The molecule has 0 bridgehead atoms. The average molecular weight is 724 g/mol. The van der Waals surface area contributed by atoms with Gasteiger partial charge in [-0.25, -0.2) is 9.59 Å². The Morgan fingerprint density at radius 1 is 0.827 bits per heavy atom. The molecule has 4 rings (SSSR count). The topological polar surface area (TPSA) is 163 Å². The molecule has 12 heteroatoms. The molecule has 288 valence electrons. The molecule has 1 saturated heterocycles. The van der Waals surface area contributed by atoms with Crippen molar-refractivity contribution in [2.75, 3.05) is 6.54 Å². The van der Waals surface area contributed by atoms with E-state index in [2.05, 4.69) is 35.1 Å². The monoisotopic (exact) mass is 723 g/mol. The zero-order valence-electron chi connectivity index (χ0n) is 33.1. The molecule has 4 N–H and O–H groups in total. The second-order valence-electron chi connectivity index (χ2n) is 18.8.